The van der Waals surface area contributed by atoms with Crippen LogP contribution < -0.4 is 0 Å². The Labute approximate surface area is 110 Å². The van der Waals surface area contributed by atoms with Gasteiger partial charge < -0.3 is 18.6 Å². The van der Waals surface area contributed by atoms with Gasteiger partial charge in [0.2, 0.25) is 6.29 Å². The van der Waals surface area contributed by atoms with Gasteiger partial charge in [-0.15, -0.1) is 0 Å². The van der Waals surface area contributed by atoms with Crippen molar-refractivity contribution in [3.8, 4) is 0 Å². The number of nitrogens with zero attached hydrogens (tertiary/aromatic N) is 4. The summed E-state index contributed by atoms with van der Waals surface area (Å²) in [5, 5.41) is 0. The third-order valence-corrected chi connectivity index (χ3v) is 2.69. The molecule has 0 amide bonds. The monoisotopic (exact) mass is 264 g/mol. The van der Waals surface area contributed by atoms with E-state index < -0.39 is 0 Å². The minimum atomic E-state index is -0.206. The van der Waals surface area contributed by atoms with Crippen molar-refractivity contribution in [1.29, 1.82) is 0 Å². The van der Waals surface area contributed by atoms with Crippen molar-refractivity contribution in [1.82, 2.24) is 19.1 Å². The van der Waals surface area contributed by atoms with Gasteiger partial charge in [-0.2, -0.15) is 0 Å². The first-order chi connectivity index (χ1) is 9.22. The maximum absolute atomic E-state index is 10.0. The average Bonchev–Trinajstić information content (AvgIpc) is 3.10. The van der Waals surface area contributed by atoms with E-state index >= 15 is 0 Å². The Morgan fingerprint density at radius 1 is 1.16 bits per heavy atom. The molecule has 1 saturated heterocycles. The van der Waals surface area contributed by atoms with E-state index in [0.717, 1.165) is 12.0 Å². The lowest BCUT2D eigenvalue weighted by atomic mass is 10.4. The van der Waals surface area contributed by atoms with E-state index in [2.05, 4.69) is 9.97 Å². The maximum atomic E-state index is 10.0. The number of carbonyl (C=O) groups is 1. The van der Waals surface area contributed by atoms with Crippen molar-refractivity contribution in [3.05, 3.63) is 36.4 Å². The van der Waals surface area contributed by atoms with Gasteiger partial charge in [0, 0.05) is 14.1 Å². The standard InChI is InChI=1S/C7H10N2O2.C5H6N2O/c1-9-5-8-4-6(9)7-10-2-3-11-7;1-7-4-6-2-5(7)3-8/h4-5,7H,2-3H2,1H3;2-4H,1H3. The summed E-state index contributed by atoms with van der Waals surface area (Å²) in [5.74, 6) is 0. The molecule has 7 heteroatoms. The zero-order valence-electron chi connectivity index (χ0n) is 10.9. The Morgan fingerprint density at radius 2 is 1.79 bits per heavy atom. The lowest BCUT2D eigenvalue weighted by molar-refractivity contribution is -0.0491. The number of imidazole rings is 2. The average molecular weight is 264 g/mol. The van der Waals surface area contributed by atoms with Gasteiger partial charge in [0.05, 0.1) is 44.0 Å². The molecule has 19 heavy (non-hydrogen) atoms. The molecule has 2 aromatic rings. The molecule has 0 radical (unpaired) electrons. The number of ether oxygens (including phenoxy) is 2. The molecule has 2 aromatic heterocycles. The topological polar surface area (TPSA) is 71.2 Å². The van der Waals surface area contributed by atoms with E-state index in [1.54, 1.807) is 30.5 Å². The zero-order valence-corrected chi connectivity index (χ0v) is 10.9. The van der Waals surface area contributed by atoms with Gasteiger partial charge in [0.15, 0.2) is 6.29 Å². The molecule has 0 aromatic carbocycles. The molecule has 0 aliphatic carbocycles. The van der Waals surface area contributed by atoms with Crippen molar-refractivity contribution in [2.24, 2.45) is 14.1 Å². The number of hydrogen-bond donors (Lipinski definition) is 0. The van der Waals surface area contributed by atoms with Gasteiger partial charge in [0.25, 0.3) is 0 Å². The van der Waals surface area contributed by atoms with Crippen LogP contribution in [0.2, 0.25) is 0 Å². The summed E-state index contributed by atoms with van der Waals surface area (Å²) < 4.78 is 14.1. The lowest BCUT2D eigenvalue weighted by Gasteiger charge is -2.08. The van der Waals surface area contributed by atoms with E-state index in [1.165, 1.54) is 6.20 Å². The lowest BCUT2D eigenvalue weighted by Crippen LogP contribution is -2.03. The molecule has 3 heterocycles. The largest absolute Gasteiger partial charge is 0.345 e. The molecule has 0 saturated carbocycles. The Morgan fingerprint density at radius 3 is 2.21 bits per heavy atom. The summed E-state index contributed by atoms with van der Waals surface area (Å²) in [4.78, 5) is 17.7. The highest BCUT2D eigenvalue weighted by atomic mass is 16.7. The van der Waals surface area contributed by atoms with Crippen LogP contribution in [0, 0.1) is 0 Å². The van der Waals surface area contributed by atoms with Crippen LogP contribution in [0.15, 0.2) is 25.0 Å². The van der Waals surface area contributed by atoms with Gasteiger partial charge in [-0.3, -0.25) is 4.79 Å². The first-order valence-corrected chi connectivity index (χ1v) is 5.83. The summed E-state index contributed by atoms with van der Waals surface area (Å²) in [6, 6.07) is 0. The highest BCUT2D eigenvalue weighted by Crippen LogP contribution is 2.21. The number of hydrogen-bond acceptors (Lipinski definition) is 5. The minimum absolute atomic E-state index is 0.206. The fraction of sp³-hybridized carbons (Fsp3) is 0.417. The van der Waals surface area contributed by atoms with Crippen LogP contribution in [-0.4, -0.2) is 38.6 Å². The van der Waals surface area contributed by atoms with Crippen molar-refractivity contribution in [2.45, 2.75) is 6.29 Å². The highest BCUT2D eigenvalue weighted by molar-refractivity contribution is 5.71. The van der Waals surface area contributed by atoms with Crippen LogP contribution in [0.5, 0.6) is 0 Å². The van der Waals surface area contributed by atoms with Gasteiger partial charge in [-0.05, 0) is 0 Å². The normalized spacial score (nSPS) is 15.1. The second-order valence-corrected chi connectivity index (χ2v) is 4.05. The molecule has 1 aliphatic heterocycles. The summed E-state index contributed by atoms with van der Waals surface area (Å²) in [6.07, 6.45) is 7.17. The SMILES string of the molecule is Cn1cncc1C1OCCO1.Cn1cncc1C=O. The van der Waals surface area contributed by atoms with Crippen LogP contribution in [0.4, 0.5) is 0 Å². The fourth-order valence-corrected chi connectivity index (χ4v) is 1.60. The Balaban J connectivity index is 0.000000148. The van der Waals surface area contributed by atoms with Gasteiger partial charge in [0.1, 0.15) is 5.69 Å². The zero-order chi connectivity index (χ0) is 13.7. The predicted molar refractivity (Wildman–Crippen MR) is 66.4 cm³/mol. The smallest absolute Gasteiger partial charge is 0.200 e. The van der Waals surface area contributed by atoms with Gasteiger partial charge in [-0.25, -0.2) is 9.97 Å². The summed E-state index contributed by atoms with van der Waals surface area (Å²) in [7, 11) is 3.70. The van der Waals surface area contributed by atoms with Crippen molar-refractivity contribution in [2.75, 3.05) is 13.2 Å². The molecule has 102 valence electrons. The van der Waals surface area contributed by atoms with Crippen molar-refractivity contribution < 1.29 is 14.3 Å². The van der Waals surface area contributed by atoms with Gasteiger partial charge >= 0.3 is 0 Å². The molecule has 0 spiro atoms. The molecule has 0 atom stereocenters. The first kappa shape index (κ1) is 13.4. The molecular weight excluding hydrogens is 248 g/mol. The minimum Gasteiger partial charge on any atom is -0.345 e. The molecule has 0 bridgehead atoms. The molecule has 0 unspecified atom stereocenters. The van der Waals surface area contributed by atoms with Crippen LogP contribution >= 0.6 is 0 Å². The van der Waals surface area contributed by atoms with Crippen molar-refractivity contribution in [3.63, 3.8) is 0 Å². The first-order valence-electron chi connectivity index (χ1n) is 5.83. The number of aldehydes is 1. The molecule has 3 rings (SSSR count). The third-order valence-electron chi connectivity index (χ3n) is 2.69. The number of carbonyl (C=O) groups excluding carboxylic acids is 1. The van der Waals surface area contributed by atoms with Crippen LogP contribution in [0.1, 0.15) is 22.5 Å². The molecule has 1 aliphatic rings. The number of aryl methyl sites for hydroxylation is 2. The maximum Gasteiger partial charge on any atom is 0.200 e. The summed E-state index contributed by atoms with van der Waals surface area (Å²) >= 11 is 0. The Hall–Kier alpha value is -1.99. The fourth-order valence-electron chi connectivity index (χ4n) is 1.60. The van der Waals surface area contributed by atoms with E-state index in [1.807, 2.05) is 11.6 Å². The second kappa shape index (κ2) is 6.26. The summed E-state index contributed by atoms with van der Waals surface area (Å²) in [5.41, 5.74) is 1.58. The third kappa shape index (κ3) is 3.27. The van der Waals surface area contributed by atoms with E-state index in [0.29, 0.717) is 18.9 Å². The van der Waals surface area contributed by atoms with E-state index in [-0.39, 0.29) is 6.29 Å². The van der Waals surface area contributed by atoms with E-state index in [4.69, 9.17) is 9.47 Å². The quantitative estimate of drug-likeness (QED) is 0.747. The predicted octanol–water partition coefficient (Wildman–Crippen LogP) is 0.698. The number of rotatable bonds is 2. The molecule has 1 fully saturated rings. The Bertz CT molecular complexity index is 529. The molecule has 0 N–H and O–H groups in total. The Kier molecular flexibility index (Phi) is 4.43. The second-order valence-electron chi connectivity index (χ2n) is 4.05. The van der Waals surface area contributed by atoms with Crippen LogP contribution in [0.3, 0.4) is 0 Å². The van der Waals surface area contributed by atoms with E-state index in [9.17, 15) is 4.79 Å². The molecule has 7 nitrogen and oxygen atoms in total. The molecular formula is C12H16N4O3. The van der Waals surface area contributed by atoms with Crippen molar-refractivity contribution >= 4 is 6.29 Å². The van der Waals surface area contributed by atoms with Gasteiger partial charge in [-0.1, -0.05) is 0 Å². The highest BCUT2D eigenvalue weighted by Gasteiger charge is 2.20. The summed E-state index contributed by atoms with van der Waals surface area (Å²) in [6.45, 7) is 1.35. The number of aromatic nitrogens is 4. The van der Waals surface area contributed by atoms with Crippen LogP contribution in [0.25, 0.3) is 0 Å². The van der Waals surface area contributed by atoms with Crippen LogP contribution in [-0.2, 0) is 23.6 Å².